The number of anilines is 2. The number of rotatable bonds is 1. The molecule has 0 heterocycles. The van der Waals surface area contributed by atoms with E-state index in [0.29, 0.717) is 5.56 Å². The molecule has 3 aliphatic carbocycles. The number of nitrogens with two attached hydrogens (primary N) is 3. The zero-order chi connectivity index (χ0) is 22.3. The van der Waals surface area contributed by atoms with Gasteiger partial charge in [-0.15, -0.1) is 0 Å². The first kappa shape index (κ1) is 20.0. The van der Waals surface area contributed by atoms with Crippen LogP contribution in [0.2, 0.25) is 0 Å². The highest BCUT2D eigenvalue weighted by atomic mass is 16.3. The van der Waals surface area contributed by atoms with Gasteiger partial charge in [0.2, 0.25) is 5.91 Å². The topological polar surface area (TPSA) is 204 Å². The van der Waals surface area contributed by atoms with Crippen LogP contribution in [-0.4, -0.2) is 44.9 Å². The van der Waals surface area contributed by atoms with Gasteiger partial charge in [0.15, 0.2) is 34.7 Å². The van der Waals surface area contributed by atoms with E-state index in [0.717, 1.165) is 0 Å². The molecule has 0 aliphatic heterocycles. The van der Waals surface area contributed by atoms with Gasteiger partial charge in [-0.25, -0.2) is 0 Å². The fourth-order valence-electron chi connectivity index (χ4n) is 5.48. The van der Waals surface area contributed by atoms with E-state index in [4.69, 9.17) is 17.2 Å². The second-order valence-electron chi connectivity index (χ2n) is 8.42. The van der Waals surface area contributed by atoms with Crippen molar-refractivity contribution in [2.45, 2.75) is 31.3 Å². The summed E-state index contributed by atoms with van der Waals surface area (Å²) in [7, 11) is 0. The molecule has 158 valence electrons. The van der Waals surface area contributed by atoms with Gasteiger partial charge < -0.3 is 27.4 Å². The molecule has 1 aromatic rings. The highest BCUT2D eigenvalue weighted by Crippen LogP contribution is 2.55. The molecule has 10 heteroatoms. The molecule has 2 unspecified atom stereocenters. The van der Waals surface area contributed by atoms with Gasteiger partial charge in [0, 0.05) is 18.0 Å². The molecule has 0 spiro atoms. The van der Waals surface area contributed by atoms with E-state index in [1.165, 1.54) is 6.07 Å². The highest BCUT2D eigenvalue weighted by molar-refractivity contribution is 6.31. The lowest BCUT2D eigenvalue weighted by Crippen LogP contribution is -2.68. The Bertz CT molecular complexity index is 1060. The summed E-state index contributed by atoms with van der Waals surface area (Å²) in [5.41, 5.74) is 14.4. The fraction of sp³-hybridized carbons (Fsp3) is 0.450. The minimum absolute atomic E-state index is 0.00674. The van der Waals surface area contributed by atoms with Crippen molar-refractivity contribution in [1.29, 1.82) is 0 Å². The van der Waals surface area contributed by atoms with Crippen LogP contribution >= 0.6 is 0 Å². The number of primary amides is 1. The largest absolute Gasteiger partial charge is 0.505 e. The van der Waals surface area contributed by atoms with Crippen molar-refractivity contribution in [3.05, 3.63) is 17.2 Å². The van der Waals surface area contributed by atoms with E-state index >= 15 is 0 Å². The number of phenolic OH excluding ortho intramolecular Hbond substituents is 1. The van der Waals surface area contributed by atoms with E-state index in [1.807, 2.05) is 0 Å². The van der Waals surface area contributed by atoms with Crippen molar-refractivity contribution in [2.75, 3.05) is 11.5 Å². The van der Waals surface area contributed by atoms with Gasteiger partial charge in [0.05, 0.1) is 17.2 Å². The number of ketones is 4. The van der Waals surface area contributed by atoms with E-state index in [1.54, 1.807) is 6.92 Å². The third-order valence-electron chi connectivity index (χ3n) is 6.95. The molecule has 2 saturated carbocycles. The van der Waals surface area contributed by atoms with Gasteiger partial charge >= 0.3 is 0 Å². The minimum atomic E-state index is -2.68. The number of Topliss-reactive ketones (excluding diaryl/α,β-unsaturated/α-hetero) is 4. The first-order valence-corrected chi connectivity index (χ1v) is 9.50. The second-order valence-corrected chi connectivity index (χ2v) is 8.42. The molecule has 3 aliphatic rings. The second kappa shape index (κ2) is 6.11. The van der Waals surface area contributed by atoms with Crippen LogP contribution in [0.4, 0.5) is 11.4 Å². The molecule has 8 N–H and O–H groups in total. The van der Waals surface area contributed by atoms with Crippen molar-refractivity contribution in [3.63, 3.8) is 0 Å². The Kier molecular flexibility index (Phi) is 4.08. The quantitative estimate of drug-likeness (QED) is 0.166. The predicted molar refractivity (Wildman–Crippen MR) is 102 cm³/mol. The van der Waals surface area contributed by atoms with Crippen molar-refractivity contribution in [2.24, 2.45) is 29.4 Å². The summed E-state index contributed by atoms with van der Waals surface area (Å²) in [6.07, 6.45) is -0.381. The maximum Gasteiger partial charge on any atom is 0.235 e. The summed E-state index contributed by atoms with van der Waals surface area (Å²) in [4.78, 5) is 63.4. The maximum absolute atomic E-state index is 13.3. The van der Waals surface area contributed by atoms with Crippen LogP contribution in [0, 0.1) is 23.7 Å². The number of carbonyl (C=O) groups is 5. The van der Waals surface area contributed by atoms with Crippen LogP contribution in [0.15, 0.2) is 6.07 Å². The summed E-state index contributed by atoms with van der Waals surface area (Å²) >= 11 is 0. The first-order chi connectivity index (χ1) is 13.9. The summed E-state index contributed by atoms with van der Waals surface area (Å²) in [5.74, 6) is -11.3. The molecular formula is C20H21N3O7. The first-order valence-electron chi connectivity index (χ1n) is 9.50. The Morgan fingerprint density at radius 1 is 1.13 bits per heavy atom. The van der Waals surface area contributed by atoms with Crippen LogP contribution < -0.4 is 17.2 Å². The molecule has 0 saturated heterocycles. The molecular weight excluding hydrogens is 394 g/mol. The average Bonchev–Trinajstić information content (AvgIpc) is 2.65. The number of amides is 1. The van der Waals surface area contributed by atoms with Gasteiger partial charge in [-0.1, -0.05) is 6.92 Å². The third kappa shape index (κ3) is 2.25. The fourth-order valence-corrected chi connectivity index (χ4v) is 5.48. The third-order valence-corrected chi connectivity index (χ3v) is 6.95. The molecule has 2 fully saturated rings. The van der Waals surface area contributed by atoms with Crippen molar-refractivity contribution in [3.8, 4) is 5.75 Å². The monoisotopic (exact) mass is 415 g/mol. The average molecular weight is 415 g/mol. The molecule has 1 aromatic carbocycles. The normalized spacial score (nSPS) is 35.5. The van der Waals surface area contributed by atoms with Crippen LogP contribution in [0.1, 0.15) is 41.6 Å². The summed E-state index contributed by atoms with van der Waals surface area (Å²) < 4.78 is 0. The Balaban J connectivity index is 1.88. The van der Waals surface area contributed by atoms with Gasteiger partial charge in [0.25, 0.3) is 0 Å². The molecule has 6 atom stereocenters. The summed E-state index contributed by atoms with van der Waals surface area (Å²) in [6, 6.07) is 1.32. The van der Waals surface area contributed by atoms with Crippen LogP contribution in [0.25, 0.3) is 0 Å². The Hall–Kier alpha value is -3.27. The van der Waals surface area contributed by atoms with Gasteiger partial charge in [-0.2, -0.15) is 0 Å². The van der Waals surface area contributed by atoms with Crippen LogP contribution in [0.3, 0.4) is 0 Å². The Labute approximate surface area is 170 Å². The number of hydrogen-bond acceptors (Lipinski definition) is 9. The summed E-state index contributed by atoms with van der Waals surface area (Å²) in [5, 5.41) is 21.5. The molecule has 1 amide bonds. The van der Waals surface area contributed by atoms with E-state index in [2.05, 4.69) is 0 Å². The van der Waals surface area contributed by atoms with Crippen molar-refractivity contribution in [1.82, 2.24) is 0 Å². The lowest BCUT2D eigenvalue weighted by atomic mass is 9.52. The van der Waals surface area contributed by atoms with Crippen LogP contribution in [-0.2, 0) is 19.2 Å². The number of aliphatic hydroxyl groups is 1. The molecule has 0 aromatic heterocycles. The lowest BCUT2D eigenvalue weighted by molar-refractivity contribution is -0.176. The molecule has 0 radical (unpaired) electrons. The standard InChI is InChI=1S/C20H21N3O7/c1-5-7-2-6-3-10(24)13(19(23)29)18(28)20(6,30)17(27)12(7)16(26)14-11(5)8(21)4-9(22)15(14)25/h4-7,12-13,25,30H,2-3,21-22H2,1H3,(H2,23,29)/t5-,6+,7-,12?,13?,20+/m1/s1. The number of carbonyl (C=O) groups excluding carboxylic acids is 5. The SMILES string of the molecule is C[C@H]1c2c(N)cc(N)c(O)c2C(=O)C2C(=O)[C@]3(O)C(=O)C(C(N)=O)C(=O)C[C@@H]3C[C@@H]21. The van der Waals surface area contributed by atoms with E-state index in [9.17, 15) is 34.2 Å². The van der Waals surface area contributed by atoms with Gasteiger partial charge in [-0.05, 0) is 29.9 Å². The highest BCUT2D eigenvalue weighted by Gasteiger charge is 2.66. The smallest absolute Gasteiger partial charge is 0.235 e. The molecule has 10 nitrogen and oxygen atoms in total. The van der Waals surface area contributed by atoms with Crippen LogP contribution in [0.5, 0.6) is 5.75 Å². The molecule has 30 heavy (non-hydrogen) atoms. The number of aromatic hydroxyl groups is 1. The lowest BCUT2D eigenvalue weighted by Gasteiger charge is -2.50. The Morgan fingerprint density at radius 2 is 1.77 bits per heavy atom. The number of hydrogen-bond donors (Lipinski definition) is 5. The van der Waals surface area contributed by atoms with Gasteiger partial charge in [0.1, 0.15) is 5.75 Å². The molecule has 0 bridgehead atoms. The number of benzene rings is 1. The predicted octanol–water partition coefficient (Wildman–Crippen LogP) is -0.948. The van der Waals surface area contributed by atoms with Crippen molar-refractivity contribution < 1.29 is 34.2 Å². The molecule has 4 rings (SSSR count). The zero-order valence-electron chi connectivity index (χ0n) is 16.0. The zero-order valence-corrected chi connectivity index (χ0v) is 16.0. The minimum Gasteiger partial charge on any atom is -0.505 e. The number of fused-ring (bicyclic) bond motifs is 3. The summed E-state index contributed by atoms with van der Waals surface area (Å²) in [6.45, 7) is 1.71. The van der Waals surface area contributed by atoms with E-state index < -0.39 is 70.0 Å². The number of nitrogen functional groups attached to an aromatic ring is 2. The van der Waals surface area contributed by atoms with E-state index in [-0.39, 0.29) is 29.8 Å². The van der Waals surface area contributed by atoms with Crippen molar-refractivity contribution >= 4 is 40.4 Å². The Morgan fingerprint density at radius 3 is 2.37 bits per heavy atom. The maximum atomic E-state index is 13.3. The van der Waals surface area contributed by atoms with Gasteiger partial charge in [-0.3, -0.25) is 24.0 Å². The number of phenols is 1.